The molecule has 23 heavy (non-hydrogen) atoms. The van der Waals surface area contributed by atoms with Gasteiger partial charge in [0.1, 0.15) is 5.84 Å². The number of amidine groups is 1. The van der Waals surface area contributed by atoms with Gasteiger partial charge in [-0.15, -0.1) is 0 Å². The molecule has 2 heteroatoms. The average molecular weight is 298 g/mol. The normalized spacial score (nSPS) is 11.0. The van der Waals surface area contributed by atoms with Crippen LogP contribution >= 0.6 is 0 Å². The molecule has 0 heterocycles. The Hall–Kier alpha value is -3.13. The summed E-state index contributed by atoms with van der Waals surface area (Å²) in [6, 6.07) is 30.2. The summed E-state index contributed by atoms with van der Waals surface area (Å²) in [5.41, 5.74) is 2.98. The summed E-state index contributed by atoms with van der Waals surface area (Å²) in [5.74, 6) is 0.845. The van der Waals surface area contributed by atoms with E-state index in [4.69, 9.17) is 4.99 Å². The zero-order valence-electron chi connectivity index (χ0n) is 12.8. The van der Waals surface area contributed by atoms with E-state index >= 15 is 0 Å². The van der Waals surface area contributed by atoms with Crippen LogP contribution in [0, 0.1) is 0 Å². The summed E-state index contributed by atoms with van der Waals surface area (Å²) in [4.78, 5) is 6.85. The zero-order chi connectivity index (χ0) is 15.9. The van der Waals surface area contributed by atoms with E-state index in [0.717, 1.165) is 22.8 Å². The van der Waals surface area contributed by atoms with E-state index in [2.05, 4.69) is 18.7 Å². The number of rotatable bonds is 4. The van der Waals surface area contributed by atoms with Gasteiger partial charge in [0.25, 0.3) is 0 Å². The average Bonchev–Trinajstić information content (AvgIpc) is 2.64. The Bertz CT molecular complexity index is 778. The van der Waals surface area contributed by atoms with Crippen LogP contribution in [0.15, 0.2) is 109 Å². The lowest BCUT2D eigenvalue weighted by molar-refractivity contribution is 1.31. The SMILES string of the molecule is C=CN(C(=Nc1ccccc1)c1ccccc1)c1ccccc1. The fourth-order valence-electron chi connectivity index (χ4n) is 2.37. The maximum atomic E-state index is 4.85. The molecule has 0 spiro atoms. The summed E-state index contributed by atoms with van der Waals surface area (Å²) >= 11 is 0. The summed E-state index contributed by atoms with van der Waals surface area (Å²) in [5, 5.41) is 0. The van der Waals surface area contributed by atoms with Crippen LogP contribution in [-0.4, -0.2) is 5.84 Å². The van der Waals surface area contributed by atoms with Crippen LogP contribution in [0.3, 0.4) is 0 Å². The smallest absolute Gasteiger partial charge is 0.145 e. The maximum absolute atomic E-state index is 4.85. The highest BCUT2D eigenvalue weighted by atomic mass is 15.2. The highest BCUT2D eigenvalue weighted by molar-refractivity contribution is 6.12. The van der Waals surface area contributed by atoms with Gasteiger partial charge in [0.05, 0.1) is 5.69 Å². The van der Waals surface area contributed by atoms with Gasteiger partial charge in [-0.2, -0.15) is 0 Å². The molecule has 112 valence electrons. The standard InChI is InChI=1S/C21H18N2/c1-2-23(20-16-10-5-11-17-20)21(18-12-6-3-7-13-18)22-19-14-8-4-9-15-19/h2-17H,1H2. The minimum absolute atomic E-state index is 0.845. The first kappa shape index (κ1) is 14.8. The molecule has 0 aliphatic carbocycles. The van der Waals surface area contributed by atoms with E-state index < -0.39 is 0 Å². The van der Waals surface area contributed by atoms with Gasteiger partial charge in [0.2, 0.25) is 0 Å². The quantitative estimate of drug-likeness (QED) is 0.464. The van der Waals surface area contributed by atoms with Crippen molar-refractivity contribution in [2.24, 2.45) is 4.99 Å². The predicted molar refractivity (Wildman–Crippen MR) is 98.2 cm³/mol. The van der Waals surface area contributed by atoms with Crippen molar-refractivity contribution in [3.05, 3.63) is 109 Å². The molecular weight excluding hydrogens is 280 g/mol. The fourth-order valence-corrected chi connectivity index (χ4v) is 2.37. The first-order chi connectivity index (χ1) is 11.4. The third-order valence-corrected chi connectivity index (χ3v) is 3.47. The second-order valence-electron chi connectivity index (χ2n) is 5.03. The van der Waals surface area contributed by atoms with Crippen LogP contribution in [0.5, 0.6) is 0 Å². The lowest BCUT2D eigenvalue weighted by Gasteiger charge is -2.22. The molecule has 3 rings (SSSR count). The first-order valence-corrected chi connectivity index (χ1v) is 7.54. The molecule has 0 radical (unpaired) electrons. The van der Waals surface area contributed by atoms with Crippen molar-refractivity contribution < 1.29 is 0 Å². The summed E-state index contributed by atoms with van der Waals surface area (Å²) in [7, 11) is 0. The van der Waals surface area contributed by atoms with Gasteiger partial charge in [-0.1, -0.05) is 73.3 Å². The van der Waals surface area contributed by atoms with Crippen molar-refractivity contribution in [2.45, 2.75) is 0 Å². The summed E-state index contributed by atoms with van der Waals surface area (Å²) in [6.07, 6.45) is 1.80. The predicted octanol–water partition coefficient (Wildman–Crippen LogP) is 5.42. The Morgan fingerprint density at radius 2 is 1.26 bits per heavy atom. The monoisotopic (exact) mass is 298 g/mol. The van der Waals surface area contributed by atoms with Crippen molar-refractivity contribution in [3.8, 4) is 0 Å². The Balaban J connectivity index is 2.12. The molecule has 0 saturated carbocycles. The second kappa shape index (κ2) is 7.23. The molecule has 0 aliphatic rings. The van der Waals surface area contributed by atoms with E-state index in [0.29, 0.717) is 0 Å². The zero-order valence-corrected chi connectivity index (χ0v) is 12.8. The number of hydrogen-bond acceptors (Lipinski definition) is 1. The molecule has 0 aliphatic heterocycles. The number of aliphatic imine (C=N–C) groups is 1. The molecule has 0 unspecified atom stereocenters. The molecule has 2 nitrogen and oxygen atoms in total. The van der Waals surface area contributed by atoms with Crippen molar-refractivity contribution in [1.29, 1.82) is 0 Å². The molecule has 0 fully saturated rings. The molecule has 0 bridgehead atoms. The highest BCUT2D eigenvalue weighted by Gasteiger charge is 2.13. The Morgan fingerprint density at radius 1 is 0.739 bits per heavy atom. The van der Waals surface area contributed by atoms with Crippen molar-refractivity contribution >= 4 is 17.2 Å². The van der Waals surface area contributed by atoms with Gasteiger partial charge < -0.3 is 4.90 Å². The van der Waals surface area contributed by atoms with Gasteiger partial charge in [-0.3, -0.25) is 0 Å². The lowest BCUT2D eigenvalue weighted by atomic mass is 10.1. The van der Waals surface area contributed by atoms with Crippen LogP contribution in [0.25, 0.3) is 0 Å². The van der Waals surface area contributed by atoms with Crippen LogP contribution in [0.4, 0.5) is 11.4 Å². The molecule has 3 aromatic rings. The number of nitrogens with zero attached hydrogens (tertiary/aromatic N) is 2. The van der Waals surface area contributed by atoms with Gasteiger partial charge in [-0.25, -0.2) is 4.99 Å². The number of para-hydroxylation sites is 2. The number of hydrogen-bond donors (Lipinski definition) is 0. The van der Waals surface area contributed by atoms with Gasteiger partial charge in [0, 0.05) is 17.5 Å². The number of benzene rings is 3. The summed E-state index contributed by atoms with van der Waals surface area (Å²) in [6.45, 7) is 3.97. The molecule has 3 aromatic carbocycles. The van der Waals surface area contributed by atoms with E-state index in [1.165, 1.54) is 0 Å². The van der Waals surface area contributed by atoms with E-state index in [1.54, 1.807) is 6.20 Å². The second-order valence-corrected chi connectivity index (χ2v) is 5.03. The minimum Gasteiger partial charge on any atom is -0.302 e. The van der Waals surface area contributed by atoms with Gasteiger partial charge in [0.15, 0.2) is 0 Å². The fraction of sp³-hybridized carbons (Fsp3) is 0. The van der Waals surface area contributed by atoms with Gasteiger partial charge >= 0.3 is 0 Å². The van der Waals surface area contributed by atoms with Crippen LogP contribution < -0.4 is 4.90 Å². The van der Waals surface area contributed by atoms with Crippen molar-refractivity contribution in [1.82, 2.24) is 0 Å². The van der Waals surface area contributed by atoms with Crippen LogP contribution in [0.1, 0.15) is 5.56 Å². The first-order valence-electron chi connectivity index (χ1n) is 7.54. The molecule has 0 amide bonds. The van der Waals surface area contributed by atoms with Crippen molar-refractivity contribution in [3.63, 3.8) is 0 Å². The molecular formula is C21H18N2. The van der Waals surface area contributed by atoms with Gasteiger partial charge in [-0.05, 0) is 24.3 Å². The Morgan fingerprint density at radius 3 is 1.83 bits per heavy atom. The minimum atomic E-state index is 0.845. The Labute approximate surface area is 137 Å². The van der Waals surface area contributed by atoms with E-state index in [9.17, 15) is 0 Å². The molecule has 0 N–H and O–H groups in total. The van der Waals surface area contributed by atoms with Crippen LogP contribution in [-0.2, 0) is 0 Å². The molecule has 0 aromatic heterocycles. The molecule has 0 atom stereocenters. The maximum Gasteiger partial charge on any atom is 0.145 e. The largest absolute Gasteiger partial charge is 0.302 e. The molecule has 0 saturated heterocycles. The van der Waals surface area contributed by atoms with E-state index in [1.807, 2.05) is 83.8 Å². The third kappa shape index (κ3) is 3.55. The van der Waals surface area contributed by atoms with Crippen molar-refractivity contribution in [2.75, 3.05) is 4.90 Å². The Kier molecular flexibility index (Phi) is 4.65. The number of anilines is 1. The van der Waals surface area contributed by atoms with Crippen LogP contribution in [0.2, 0.25) is 0 Å². The topological polar surface area (TPSA) is 15.6 Å². The lowest BCUT2D eigenvalue weighted by Crippen LogP contribution is -2.25. The van der Waals surface area contributed by atoms with E-state index in [-0.39, 0.29) is 0 Å². The summed E-state index contributed by atoms with van der Waals surface area (Å²) < 4.78 is 0. The highest BCUT2D eigenvalue weighted by Crippen LogP contribution is 2.21. The third-order valence-electron chi connectivity index (χ3n) is 3.47.